The van der Waals surface area contributed by atoms with Crippen LogP contribution in [-0.2, 0) is 6.42 Å². The van der Waals surface area contributed by atoms with Crippen molar-refractivity contribution in [2.75, 3.05) is 0 Å². The van der Waals surface area contributed by atoms with Gasteiger partial charge in [-0.15, -0.1) is 0 Å². The van der Waals surface area contributed by atoms with Crippen LogP contribution < -0.4 is 0 Å². The molecule has 14 heavy (non-hydrogen) atoms. The molecule has 0 atom stereocenters. The summed E-state index contributed by atoms with van der Waals surface area (Å²) in [6, 6.07) is 3.88. The molecule has 2 heterocycles. The third-order valence-corrected chi connectivity index (χ3v) is 2.15. The van der Waals surface area contributed by atoms with Gasteiger partial charge in [0.15, 0.2) is 0 Å². The molecule has 0 amide bonds. The number of pyridine rings is 1. The molecule has 0 spiro atoms. The van der Waals surface area contributed by atoms with E-state index in [4.69, 9.17) is 11.6 Å². The van der Waals surface area contributed by atoms with E-state index < -0.39 is 0 Å². The third kappa shape index (κ3) is 2.06. The maximum absolute atomic E-state index is 5.93. The molecule has 0 unspecified atom stereocenters. The van der Waals surface area contributed by atoms with E-state index >= 15 is 0 Å². The second-order valence-electron chi connectivity index (χ2n) is 2.86. The number of nitrogens with zero attached hydrogens (tertiary/aromatic N) is 3. The predicted molar refractivity (Wildman–Crippen MR) is 54.1 cm³/mol. The van der Waals surface area contributed by atoms with Crippen molar-refractivity contribution in [1.82, 2.24) is 15.0 Å². The van der Waals surface area contributed by atoms with Crippen molar-refractivity contribution in [3.05, 3.63) is 53.3 Å². The first kappa shape index (κ1) is 9.09. The van der Waals surface area contributed by atoms with Crippen molar-refractivity contribution in [2.24, 2.45) is 0 Å². The number of hydrogen-bond donors (Lipinski definition) is 0. The lowest BCUT2D eigenvalue weighted by Gasteiger charge is -2.01. The molecule has 3 nitrogen and oxygen atoms in total. The molecule has 0 aromatic carbocycles. The van der Waals surface area contributed by atoms with Crippen LogP contribution >= 0.6 is 11.6 Å². The van der Waals surface area contributed by atoms with Gasteiger partial charge in [-0.3, -0.25) is 4.98 Å². The van der Waals surface area contributed by atoms with Gasteiger partial charge in [-0.2, -0.15) is 0 Å². The van der Waals surface area contributed by atoms with Crippen LogP contribution in [0.25, 0.3) is 0 Å². The summed E-state index contributed by atoms with van der Waals surface area (Å²) in [6.07, 6.45) is 7.33. The van der Waals surface area contributed by atoms with Crippen LogP contribution in [-0.4, -0.2) is 15.0 Å². The van der Waals surface area contributed by atoms with Gasteiger partial charge in [0, 0.05) is 25.0 Å². The quantitative estimate of drug-likeness (QED) is 0.754. The van der Waals surface area contributed by atoms with E-state index in [0.29, 0.717) is 11.4 Å². The molecule has 0 aliphatic heterocycles. The van der Waals surface area contributed by atoms with E-state index in [0.717, 1.165) is 11.3 Å². The van der Waals surface area contributed by atoms with Crippen molar-refractivity contribution >= 4 is 11.6 Å². The Morgan fingerprint density at radius 1 is 1.21 bits per heavy atom. The molecule has 0 aliphatic carbocycles. The highest BCUT2D eigenvalue weighted by Gasteiger charge is 2.02. The smallest absolute Gasteiger partial charge is 0.115 e. The van der Waals surface area contributed by atoms with E-state index in [9.17, 15) is 0 Å². The molecule has 0 aliphatic rings. The van der Waals surface area contributed by atoms with Gasteiger partial charge in [0.05, 0.1) is 10.7 Å². The van der Waals surface area contributed by atoms with Gasteiger partial charge in [0.2, 0.25) is 0 Å². The fraction of sp³-hybridized carbons (Fsp3) is 0.100. The van der Waals surface area contributed by atoms with Crippen LogP contribution in [0, 0.1) is 0 Å². The largest absolute Gasteiger partial charge is 0.264 e. The zero-order chi connectivity index (χ0) is 9.80. The molecule has 2 aromatic rings. The van der Waals surface area contributed by atoms with Crippen molar-refractivity contribution in [3.63, 3.8) is 0 Å². The molecule has 0 saturated heterocycles. The number of aromatic nitrogens is 3. The van der Waals surface area contributed by atoms with Gasteiger partial charge in [-0.25, -0.2) is 9.97 Å². The van der Waals surface area contributed by atoms with E-state index in [1.807, 2.05) is 12.1 Å². The van der Waals surface area contributed by atoms with Gasteiger partial charge in [-0.05, 0) is 11.6 Å². The van der Waals surface area contributed by atoms with E-state index in [1.54, 1.807) is 18.6 Å². The van der Waals surface area contributed by atoms with E-state index in [2.05, 4.69) is 15.0 Å². The number of halogens is 1. The molecule has 0 radical (unpaired) electrons. The SMILES string of the molecule is Clc1cncnc1Cc1cccnc1. The summed E-state index contributed by atoms with van der Waals surface area (Å²) in [6.45, 7) is 0. The Kier molecular flexibility index (Phi) is 2.70. The van der Waals surface area contributed by atoms with Crippen LogP contribution in [0.3, 0.4) is 0 Å². The first-order valence-electron chi connectivity index (χ1n) is 4.19. The Labute approximate surface area is 86.8 Å². The minimum atomic E-state index is 0.594. The Morgan fingerprint density at radius 2 is 2.14 bits per heavy atom. The average molecular weight is 206 g/mol. The van der Waals surface area contributed by atoms with Crippen LogP contribution in [0.5, 0.6) is 0 Å². The topological polar surface area (TPSA) is 38.7 Å². The standard InChI is InChI=1S/C10H8ClN3/c11-9-6-13-7-14-10(9)4-8-2-1-3-12-5-8/h1-3,5-7H,4H2. The van der Waals surface area contributed by atoms with Crippen molar-refractivity contribution in [3.8, 4) is 0 Å². The van der Waals surface area contributed by atoms with Gasteiger partial charge < -0.3 is 0 Å². The van der Waals surface area contributed by atoms with E-state index in [1.165, 1.54) is 6.33 Å². The molecule has 70 valence electrons. The summed E-state index contributed by atoms with van der Waals surface area (Å²) in [5, 5.41) is 0.594. The minimum Gasteiger partial charge on any atom is -0.264 e. The van der Waals surface area contributed by atoms with Crippen LogP contribution in [0.2, 0.25) is 5.02 Å². The van der Waals surface area contributed by atoms with E-state index in [-0.39, 0.29) is 0 Å². The molecule has 0 bridgehead atoms. The summed E-state index contributed by atoms with van der Waals surface area (Å²) in [5.41, 5.74) is 1.92. The van der Waals surface area contributed by atoms with Gasteiger partial charge in [0.1, 0.15) is 6.33 Å². The molecule has 0 N–H and O–H groups in total. The Bertz CT molecular complexity index is 417. The lowest BCUT2D eigenvalue weighted by Crippen LogP contribution is -1.94. The lowest BCUT2D eigenvalue weighted by atomic mass is 10.1. The second-order valence-corrected chi connectivity index (χ2v) is 3.26. The second kappa shape index (κ2) is 4.15. The normalized spacial score (nSPS) is 10.1. The Morgan fingerprint density at radius 3 is 2.86 bits per heavy atom. The summed E-state index contributed by atoms with van der Waals surface area (Å²) < 4.78 is 0. The zero-order valence-electron chi connectivity index (χ0n) is 7.39. The molecular formula is C10H8ClN3. The van der Waals surface area contributed by atoms with Crippen LogP contribution in [0.4, 0.5) is 0 Å². The molecule has 2 aromatic heterocycles. The molecule has 4 heteroatoms. The Balaban J connectivity index is 2.24. The molecular weight excluding hydrogens is 198 g/mol. The zero-order valence-corrected chi connectivity index (χ0v) is 8.15. The number of hydrogen-bond acceptors (Lipinski definition) is 3. The fourth-order valence-corrected chi connectivity index (χ4v) is 1.34. The first-order valence-corrected chi connectivity index (χ1v) is 4.57. The average Bonchev–Trinajstić information content (AvgIpc) is 2.23. The van der Waals surface area contributed by atoms with Crippen LogP contribution in [0.1, 0.15) is 11.3 Å². The highest BCUT2D eigenvalue weighted by Crippen LogP contribution is 2.14. The van der Waals surface area contributed by atoms with Gasteiger partial charge in [0.25, 0.3) is 0 Å². The third-order valence-electron chi connectivity index (χ3n) is 1.84. The predicted octanol–water partition coefficient (Wildman–Crippen LogP) is 2.12. The summed E-state index contributed by atoms with van der Waals surface area (Å²) in [4.78, 5) is 12.0. The molecule has 0 fully saturated rings. The van der Waals surface area contributed by atoms with Gasteiger partial charge in [-0.1, -0.05) is 17.7 Å². The summed E-state index contributed by atoms with van der Waals surface area (Å²) in [5.74, 6) is 0. The highest BCUT2D eigenvalue weighted by molar-refractivity contribution is 6.31. The van der Waals surface area contributed by atoms with Crippen molar-refractivity contribution in [1.29, 1.82) is 0 Å². The Hall–Kier alpha value is -1.48. The van der Waals surface area contributed by atoms with Crippen LogP contribution in [0.15, 0.2) is 37.1 Å². The lowest BCUT2D eigenvalue weighted by molar-refractivity contribution is 1.02. The molecule has 0 saturated carbocycles. The first-order chi connectivity index (χ1) is 6.86. The van der Waals surface area contributed by atoms with Crippen molar-refractivity contribution in [2.45, 2.75) is 6.42 Å². The van der Waals surface area contributed by atoms with Crippen molar-refractivity contribution < 1.29 is 0 Å². The summed E-state index contributed by atoms with van der Waals surface area (Å²) in [7, 11) is 0. The molecule has 2 rings (SSSR count). The highest BCUT2D eigenvalue weighted by atomic mass is 35.5. The fourth-order valence-electron chi connectivity index (χ4n) is 1.16. The van der Waals surface area contributed by atoms with Gasteiger partial charge >= 0.3 is 0 Å². The monoisotopic (exact) mass is 205 g/mol. The maximum Gasteiger partial charge on any atom is 0.115 e. The maximum atomic E-state index is 5.93. The number of rotatable bonds is 2. The minimum absolute atomic E-state index is 0.594. The summed E-state index contributed by atoms with van der Waals surface area (Å²) >= 11 is 5.93.